The van der Waals surface area contributed by atoms with Crippen molar-refractivity contribution in [3.63, 3.8) is 0 Å². The van der Waals surface area contributed by atoms with Crippen LogP contribution in [0.1, 0.15) is 316 Å². The molecule has 0 aliphatic rings. The summed E-state index contributed by atoms with van der Waals surface area (Å²) in [4.78, 5) is 38.0. The number of ether oxygens (including phenoxy) is 3. The number of hydrogen-bond donors (Lipinski definition) is 0. The lowest BCUT2D eigenvalue weighted by atomic mass is 10.0. The summed E-state index contributed by atoms with van der Waals surface area (Å²) < 4.78 is 16.8. The number of hydrogen-bond acceptors (Lipinski definition) is 6. The fourth-order valence-electron chi connectivity index (χ4n) is 8.54. The van der Waals surface area contributed by atoms with Crippen molar-refractivity contribution >= 4 is 17.9 Å². The normalized spacial score (nSPS) is 12.1. The second-order valence-electron chi connectivity index (χ2n) is 19.6. The van der Waals surface area contributed by atoms with E-state index in [1.165, 1.54) is 205 Å². The van der Waals surface area contributed by atoms with E-state index in [1.54, 1.807) is 0 Å². The zero-order valence-electron chi connectivity index (χ0n) is 43.8. The Bertz CT molecular complexity index is 1050. The van der Waals surface area contributed by atoms with Crippen LogP contribution in [0.5, 0.6) is 0 Å². The van der Waals surface area contributed by atoms with Crippen LogP contribution in [0.3, 0.4) is 0 Å². The summed E-state index contributed by atoms with van der Waals surface area (Å²) in [5, 5.41) is 0. The summed E-state index contributed by atoms with van der Waals surface area (Å²) >= 11 is 0. The van der Waals surface area contributed by atoms with E-state index in [4.69, 9.17) is 14.2 Å². The van der Waals surface area contributed by atoms with Crippen molar-refractivity contribution in [2.24, 2.45) is 0 Å². The lowest BCUT2D eigenvalue weighted by Crippen LogP contribution is -2.30. The van der Waals surface area contributed by atoms with Gasteiger partial charge in [-0.2, -0.15) is 0 Å². The van der Waals surface area contributed by atoms with Crippen molar-refractivity contribution < 1.29 is 28.6 Å². The third-order valence-electron chi connectivity index (χ3n) is 12.9. The Morgan fingerprint density at radius 1 is 0.292 bits per heavy atom. The lowest BCUT2D eigenvalue weighted by molar-refractivity contribution is -0.167. The first-order valence-electron chi connectivity index (χ1n) is 28.8. The molecule has 0 radical (unpaired) electrons. The predicted molar refractivity (Wildman–Crippen MR) is 279 cm³/mol. The molecule has 0 N–H and O–H groups in total. The van der Waals surface area contributed by atoms with E-state index in [-0.39, 0.29) is 31.1 Å². The third kappa shape index (κ3) is 52.7. The lowest BCUT2D eigenvalue weighted by Gasteiger charge is -2.18. The molecule has 0 unspecified atom stereocenters. The van der Waals surface area contributed by atoms with Crippen LogP contribution in [-0.4, -0.2) is 37.2 Å². The Morgan fingerprint density at radius 3 is 0.831 bits per heavy atom. The molecule has 0 spiro atoms. The van der Waals surface area contributed by atoms with Crippen LogP contribution in [0.4, 0.5) is 0 Å². The molecule has 0 rings (SSSR count). The van der Waals surface area contributed by atoms with Crippen LogP contribution in [-0.2, 0) is 28.6 Å². The maximum absolute atomic E-state index is 12.8. The molecule has 0 aromatic carbocycles. The minimum atomic E-state index is -0.774. The van der Waals surface area contributed by atoms with E-state index in [2.05, 4.69) is 45.1 Å². The van der Waals surface area contributed by atoms with Crippen molar-refractivity contribution in [2.75, 3.05) is 13.2 Å². The van der Waals surface area contributed by atoms with Crippen LogP contribution in [0.15, 0.2) is 24.3 Å². The van der Waals surface area contributed by atoms with Crippen LogP contribution >= 0.6 is 0 Å². The van der Waals surface area contributed by atoms with Gasteiger partial charge in [0.1, 0.15) is 13.2 Å². The molecule has 0 aliphatic carbocycles. The van der Waals surface area contributed by atoms with Crippen LogP contribution in [0.2, 0.25) is 0 Å². The molecule has 0 aromatic heterocycles. The Kier molecular flexibility index (Phi) is 52.7. The molecule has 382 valence electrons. The van der Waals surface area contributed by atoms with Crippen molar-refractivity contribution in [3.8, 4) is 0 Å². The minimum absolute atomic E-state index is 0.0732. The second kappa shape index (κ2) is 54.5. The van der Waals surface area contributed by atoms with Gasteiger partial charge in [-0.25, -0.2) is 0 Å². The monoisotopic (exact) mass is 915 g/mol. The van der Waals surface area contributed by atoms with E-state index in [9.17, 15) is 14.4 Å². The first kappa shape index (κ1) is 62.9. The molecule has 1 atom stereocenters. The molecule has 0 aromatic rings. The zero-order chi connectivity index (χ0) is 47.2. The maximum atomic E-state index is 12.8. The van der Waals surface area contributed by atoms with Gasteiger partial charge in [0.15, 0.2) is 6.10 Å². The average molecular weight is 916 g/mol. The fraction of sp³-hybridized carbons (Fsp3) is 0.881. The van der Waals surface area contributed by atoms with Gasteiger partial charge in [0, 0.05) is 19.3 Å². The summed E-state index contributed by atoms with van der Waals surface area (Å²) in [6, 6.07) is 0. The summed E-state index contributed by atoms with van der Waals surface area (Å²) in [5.41, 5.74) is 0. The van der Waals surface area contributed by atoms with Crippen LogP contribution in [0.25, 0.3) is 0 Å². The van der Waals surface area contributed by atoms with Gasteiger partial charge >= 0.3 is 17.9 Å². The van der Waals surface area contributed by atoms with Gasteiger partial charge < -0.3 is 14.2 Å². The quantitative estimate of drug-likeness (QED) is 0.0262. The summed E-state index contributed by atoms with van der Waals surface area (Å²) in [6.45, 7) is 6.61. The van der Waals surface area contributed by atoms with Crippen molar-refractivity contribution in [1.82, 2.24) is 0 Å². The summed E-state index contributed by atoms with van der Waals surface area (Å²) in [6.07, 6.45) is 63.3. The molecule has 0 heterocycles. The molecule has 0 saturated heterocycles. The number of allylic oxidation sites excluding steroid dienone is 4. The van der Waals surface area contributed by atoms with E-state index >= 15 is 0 Å². The number of carbonyl (C=O) groups excluding carboxylic acids is 3. The highest BCUT2D eigenvalue weighted by molar-refractivity contribution is 5.71. The van der Waals surface area contributed by atoms with Gasteiger partial charge in [-0.3, -0.25) is 14.4 Å². The van der Waals surface area contributed by atoms with Crippen LogP contribution in [0, 0.1) is 0 Å². The Morgan fingerprint density at radius 2 is 0.523 bits per heavy atom. The first-order valence-corrected chi connectivity index (χ1v) is 28.8. The standard InChI is InChI=1S/C59H110O6/c1-4-7-10-13-16-19-22-24-25-26-27-28-29-30-31-32-33-35-37-40-43-46-49-52-58(61)64-55-56(54-63-57(60)51-48-45-42-39-36-21-18-15-12-9-6-3)65-59(62)53-50-47-44-41-38-34-23-20-17-14-11-8-5-2/h15,18,20,23,56H,4-14,16-17,19,21-22,24-55H2,1-3H3/b18-15+,23-20+/t56-/m1/s1. The molecular weight excluding hydrogens is 805 g/mol. The Labute approximate surface area is 404 Å². The first-order chi connectivity index (χ1) is 32.0. The number of esters is 3. The second-order valence-corrected chi connectivity index (χ2v) is 19.6. The average Bonchev–Trinajstić information content (AvgIpc) is 3.30. The molecule has 0 bridgehead atoms. The van der Waals surface area contributed by atoms with Crippen LogP contribution < -0.4 is 0 Å². The highest BCUT2D eigenvalue weighted by Crippen LogP contribution is 2.17. The number of carbonyl (C=O) groups is 3. The van der Waals surface area contributed by atoms with Gasteiger partial charge in [0.05, 0.1) is 0 Å². The molecule has 0 aliphatic heterocycles. The number of rotatable bonds is 53. The van der Waals surface area contributed by atoms with Gasteiger partial charge in [0.25, 0.3) is 0 Å². The number of unbranched alkanes of at least 4 members (excludes halogenated alkanes) is 38. The van der Waals surface area contributed by atoms with Crippen molar-refractivity contribution in [3.05, 3.63) is 24.3 Å². The van der Waals surface area contributed by atoms with Gasteiger partial charge in [0.2, 0.25) is 0 Å². The van der Waals surface area contributed by atoms with E-state index < -0.39 is 6.10 Å². The smallest absolute Gasteiger partial charge is 0.306 e. The summed E-state index contributed by atoms with van der Waals surface area (Å²) in [5.74, 6) is -0.876. The van der Waals surface area contributed by atoms with Gasteiger partial charge in [-0.05, 0) is 64.2 Å². The minimum Gasteiger partial charge on any atom is -0.462 e. The molecule has 65 heavy (non-hydrogen) atoms. The highest BCUT2D eigenvalue weighted by atomic mass is 16.6. The van der Waals surface area contributed by atoms with Gasteiger partial charge in [-0.15, -0.1) is 0 Å². The zero-order valence-corrected chi connectivity index (χ0v) is 43.8. The van der Waals surface area contributed by atoms with Gasteiger partial charge in [-0.1, -0.05) is 257 Å². The molecule has 0 amide bonds. The topological polar surface area (TPSA) is 78.9 Å². The molecule has 6 heteroatoms. The van der Waals surface area contributed by atoms with E-state index in [0.29, 0.717) is 19.3 Å². The summed E-state index contributed by atoms with van der Waals surface area (Å²) in [7, 11) is 0. The van der Waals surface area contributed by atoms with E-state index in [1.807, 2.05) is 0 Å². The molecule has 0 saturated carbocycles. The maximum Gasteiger partial charge on any atom is 0.306 e. The highest BCUT2D eigenvalue weighted by Gasteiger charge is 2.19. The molecule has 0 fully saturated rings. The molecule has 6 nitrogen and oxygen atoms in total. The Balaban J connectivity index is 4.20. The molecular formula is C59H110O6. The fourth-order valence-corrected chi connectivity index (χ4v) is 8.54. The predicted octanol–water partition coefficient (Wildman–Crippen LogP) is 19.1. The largest absolute Gasteiger partial charge is 0.462 e. The third-order valence-corrected chi connectivity index (χ3v) is 12.9. The van der Waals surface area contributed by atoms with Crippen molar-refractivity contribution in [1.29, 1.82) is 0 Å². The van der Waals surface area contributed by atoms with Crippen molar-refractivity contribution in [2.45, 2.75) is 322 Å². The SMILES string of the molecule is CCCC/C=C/CCCCCCCC(=O)OC[C@H](COC(=O)CCCCCCCCCCCCCCCCCCCCCCCCC)OC(=O)CCCCCCC/C=C/CCCCCC. The Hall–Kier alpha value is -2.11. The van der Waals surface area contributed by atoms with E-state index in [0.717, 1.165) is 70.6 Å².